The highest BCUT2D eigenvalue weighted by Crippen LogP contribution is 2.22. The Bertz CT molecular complexity index is 340. The second-order valence-electron chi connectivity index (χ2n) is 3.44. The molecule has 1 rings (SSSR count). The number of rotatable bonds is 2. The smallest absolute Gasteiger partial charge is 0.134 e. The third-order valence-corrected chi connectivity index (χ3v) is 2.13. The number of benzene rings is 1. The second kappa shape index (κ2) is 3.60. The highest BCUT2D eigenvalue weighted by atomic mass is 16.3. The highest BCUT2D eigenvalue weighted by Gasteiger charge is 2.05. The number of hydrogen-bond acceptors (Lipinski definition) is 2. The van der Waals surface area contributed by atoms with Crippen LogP contribution in [0.1, 0.15) is 23.6 Å². The van der Waals surface area contributed by atoms with Gasteiger partial charge in [0.2, 0.25) is 0 Å². The van der Waals surface area contributed by atoms with Crippen LogP contribution in [-0.4, -0.2) is 10.9 Å². The van der Waals surface area contributed by atoms with Crippen LogP contribution in [0.15, 0.2) is 12.1 Å². The summed E-state index contributed by atoms with van der Waals surface area (Å²) in [6.45, 7) is 5.43. The Hall–Kier alpha value is -1.31. The van der Waals surface area contributed by atoms with Crippen LogP contribution < -0.4 is 0 Å². The van der Waals surface area contributed by atoms with Gasteiger partial charge in [-0.2, -0.15) is 0 Å². The van der Waals surface area contributed by atoms with Gasteiger partial charge in [0.15, 0.2) is 0 Å². The van der Waals surface area contributed by atoms with Crippen molar-refractivity contribution in [3.63, 3.8) is 0 Å². The molecule has 0 unspecified atom stereocenters. The number of phenolic OH excluding ortho intramolecular Hbond substituents is 1. The van der Waals surface area contributed by atoms with Gasteiger partial charge < -0.3 is 5.11 Å². The molecule has 1 aromatic rings. The van der Waals surface area contributed by atoms with Crippen LogP contribution in [0, 0.1) is 13.8 Å². The monoisotopic (exact) mass is 178 g/mol. The molecule has 0 saturated carbocycles. The highest BCUT2D eigenvalue weighted by molar-refractivity contribution is 5.79. The summed E-state index contributed by atoms with van der Waals surface area (Å²) in [6.07, 6.45) is 0.312. The standard InChI is InChI=1S/C11H14O2/c1-7-4-10(6-9(3)12)11(13)5-8(7)2/h4-5,13H,6H2,1-3H3. The molecule has 13 heavy (non-hydrogen) atoms. The first-order valence-corrected chi connectivity index (χ1v) is 4.29. The SMILES string of the molecule is CC(=O)Cc1cc(C)c(C)cc1O. The summed E-state index contributed by atoms with van der Waals surface area (Å²) < 4.78 is 0. The lowest BCUT2D eigenvalue weighted by Crippen LogP contribution is -1.97. The van der Waals surface area contributed by atoms with E-state index in [1.54, 1.807) is 6.07 Å². The normalized spacial score (nSPS) is 10.1. The van der Waals surface area contributed by atoms with Gasteiger partial charge in [0.25, 0.3) is 0 Å². The van der Waals surface area contributed by atoms with Gasteiger partial charge in [-0.25, -0.2) is 0 Å². The topological polar surface area (TPSA) is 37.3 Å². The Morgan fingerprint density at radius 2 is 1.85 bits per heavy atom. The molecule has 70 valence electrons. The molecular weight excluding hydrogens is 164 g/mol. The maximum absolute atomic E-state index is 10.9. The zero-order valence-electron chi connectivity index (χ0n) is 8.22. The van der Waals surface area contributed by atoms with E-state index in [2.05, 4.69) is 0 Å². The Kier molecular flexibility index (Phi) is 2.71. The molecule has 0 amide bonds. The molecule has 0 aliphatic rings. The van der Waals surface area contributed by atoms with Gasteiger partial charge in [0.1, 0.15) is 11.5 Å². The van der Waals surface area contributed by atoms with Crippen molar-refractivity contribution in [1.29, 1.82) is 0 Å². The van der Waals surface area contributed by atoms with Gasteiger partial charge in [-0.1, -0.05) is 6.07 Å². The van der Waals surface area contributed by atoms with Crippen LogP contribution in [0.2, 0.25) is 0 Å². The third-order valence-electron chi connectivity index (χ3n) is 2.13. The van der Waals surface area contributed by atoms with E-state index < -0.39 is 0 Å². The number of ketones is 1. The van der Waals surface area contributed by atoms with Gasteiger partial charge in [-0.05, 0) is 38.0 Å². The first-order chi connectivity index (χ1) is 6.00. The molecule has 2 nitrogen and oxygen atoms in total. The summed E-state index contributed by atoms with van der Waals surface area (Å²) in [7, 11) is 0. The van der Waals surface area contributed by atoms with Gasteiger partial charge in [-0.3, -0.25) is 4.79 Å². The molecule has 0 aliphatic heterocycles. The predicted molar refractivity (Wildman–Crippen MR) is 52.0 cm³/mol. The summed E-state index contributed by atoms with van der Waals surface area (Å²) in [6, 6.07) is 3.57. The lowest BCUT2D eigenvalue weighted by Gasteiger charge is -2.06. The average Bonchev–Trinajstić information content (AvgIpc) is 1.99. The fourth-order valence-corrected chi connectivity index (χ4v) is 1.27. The van der Waals surface area contributed by atoms with Crippen LogP contribution in [0.4, 0.5) is 0 Å². The minimum absolute atomic E-state index is 0.0681. The zero-order valence-corrected chi connectivity index (χ0v) is 8.22. The van der Waals surface area contributed by atoms with Gasteiger partial charge >= 0.3 is 0 Å². The third kappa shape index (κ3) is 2.31. The summed E-state index contributed by atoms with van der Waals surface area (Å²) in [4.78, 5) is 10.9. The molecular formula is C11H14O2. The van der Waals surface area contributed by atoms with Crippen LogP contribution in [0.5, 0.6) is 5.75 Å². The number of aryl methyl sites for hydroxylation is 2. The van der Waals surface area contributed by atoms with E-state index in [1.165, 1.54) is 6.92 Å². The molecule has 0 fully saturated rings. The lowest BCUT2D eigenvalue weighted by molar-refractivity contribution is -0.116. The van der Waals surface area contributed by atoms with E-state index in [-0.39, 0.29) is 11.5 Å². The van der Waals surface area contributed by atoms with E-state index in [0.717, 1.165) is 16.7 Å². The largest absolute Gasteiger partial charge is 0.508 e. The van der Waals surface area contributed by atoms with Crippen molar-refractivity contribution in [2.45, 2.75) is 27.2 Å². The Labute approximate surface area is 78.2 Å². The van der Waals surface area contributed by atoms with Gasteiger partial charge in [0.05, 0.1) is 0 Å². The average molecular weight is 178 g/mol. The summed E-state index contributed by atoms with van der Waals surface area (Å²) in [5.74, 6) is 0.289. The van der Waals surface area contributed by atoms with E-state index in [0.29, 0.717) is 6.42 Å². The van der Waals surface area contributed by atoms with Crippen molar-refractivity contribution >= 4 is 5.78 Å². The number of hydrogen-bond donors (Lipinski definition) is 1. The van der Waals surface area contributed by atoms with E-state index in [9.17, 15) is 9.90 Å². The number of Topliss-reactive ketones (excluding diaryl/α,β-unsaturated/α-hetero) is 1. The first kappa shape index (κ1) is 9.78. The van der Waals surface area contributed by atoms with Crippen molar-refractivity contribution in [1.82, 2.24) is 0 Å². The summed E-state index contributed by atoms with van der Waals surface area (Å²) >= 11 is 0. The Morgan fingerprint density at radius 1 is 1.31 bits per heavy atom. The molecule has 0 spiro atoms. The van der Waals surface area contributed by atoms with Gasteiger partial charge in [-0.15, -0.1) is 0 Å². The van der Waals surface area contributed by atoms with Gasteiger partial charge in [0, 0.05) is 12.0 Å². The predicted octanol–water partition coefficient (Wildman–Crippen LogP) is 2.14. The molecule has 1 aromatic carbocycles. The van der Waals surface area contributed by atoms with Crippen LogP contribution in [0.25, 0.3) is 0 Å². The van der Waals surface area contributed by atoms with Crippen LogP contribution in [-0.2, 0) is 11.2 Å². The van der Waals surface area contributed by atoms with Crippen molar-refractivity contribution in [2.75, 3.05) is 0 Å². The van der Waals surface area contributed by atoms with Crippen molar-refractivity contribution in [3.8, 4) is 5.75 Å². The quantitative estimate of drug-likeness (QED) is 0.753. The number of carbonyl (C=O) groups is 1. The van der Waals surface area contributed by atoms with E-state index in [4.69, 9.17) is 0 Å². The number of aromatic hydroxyl groups is 1. The fraction of sp³-hybridized carbons (Fsp3) is 0.364. The van der Waals surface area contributed by atoms with Crippen LogP contribution in [0.3, 0.4) is 0 Å². The zero-order chi connectivity index (χ0) is 10.0. The first-order valence-electron chi connectivity index (χ1n) is 4.29. The molecule has 0 saturated heterocycles. The van der Waals surface area contributed by atoms with E-state index in [1.807, 2.05) is 19.9 Å². The van der Waals surface area contributed by atoms with Crippen LogP contribution >= 0.6 is 0 Å². The minimum atomic E-state index is 0.0681. The van der Waals surface area contributed by atoms with E-state index >= 15 is 0 Å². The molecule has 0 radical (unpaired) electrons. The minimum Gasteiger partial charge on any atom is -0.508 e. The molecule has 0 atom stereocenters. The Morgan fingerprint density at radius 3 is 2.38 bits per heavy atom. The van der Waals surface area contributed by atoms with Crippen molar-refractivity contribution in [2.24, 2.45) is 0 Å². The maximum atomic E-state index is 10.9. The molecule has 0 bridgehead atoms. The van der Waals surface area contributed by atoms with Crippen molar-refractivity contribution < 1.29 is 9.90 Å². The molecule has 0 aromatic heterocycles. The van der Waals surface area contributed by atoms with Crippen molar-refractivity contribution in [3.05, 3.63) is 28.8 Å². The molecule has 2 heteroatoms. The second-order valence-corrected chi connectivity index (χ2v) is 3.44. The Balaban J connectivity index is 3.08. The fourth-order valence-electron chi connectivity index (χ4n) is 1.27. The molecule has 1 N–H and O–H groups in total. The number of carbonyl (C=O) groups excluding carboxylic acids is 1. The maximum Gasteiger partial charge on any atom is 0.134 e. The lowest BCUT2D eigenvalue weighted by atomic mass is 10.0. The molecule has 0 heterocycles. The summed E-state index contributed by atoms with van der Waals surface area (Å²) in [5, 5.41) is 9.51. The number of phenols is 1. The summed E-state index contributed by atoms with van der Waals surface area (Å²) in [5.41, 5.74) is 2.87. The molecule has 0 aliphatic carbocycles.